The molecule has 1 atom stereocenters. The van der Waals surface area contributed by atoms with Crippen molar-refractivity contribution in [2.75, 3.05) is 11.4 Å². The second-order valence-electron chi connectivity index (χ2n) is 6.68. The fraction of sp³-hybridized carbons (Fsp3) is 0.238. The molecule has 0 bridgehead atoms. The highest BCUT2D eigenvalue weighted by molar-refractivity contribution is 5.57. The zero-order valence-electron chi connectivity index (χ0n) is 14.5. The van der Waals surface area contributed by atoms with Crippen LogP contribution in [0.3, 0.4) is 0 Å². The summed E-state index contributed by atoms with van der Waals surface area (Å²) in [5, 5.41) is 12.9. The van der Waals surface area contributed by atoms with Crippen LogP contribution in [-0.4, -0.2) is 22.6 Å². The molecule has 0 saturated heterocycles. The minimum absolute atomic E-state index is 0.332. The predicted octanol–water partition coefficient (Wildman–Crippen LogP) is 3.00. The zero-order valence-corrected chi connectivity index (χ0v) is 14.5. The van der Waals surface area contributed by atoms with Crippen LogP contribution in [0.25, 0.3) is 0 Å². The molecule has 0 radical (unpaired) electrons. The highest BCUT2D eigenvalue weighted by atomic mass is 15.2. The molecule has 0 saturated carbocycles. The molecule has 0 aliphatic carbocycles. The molecular formula is C21H21N5. The van der Waals surface area contributed by atoms with Crippen LogP contribution in [0.2, 0.25) is 0 Å². The van der Waals surface area contributed by atoms with E-state index in [0.717, 1.165) is 31.7 Å². The van der Waals surface area contributed by atoms with Gasteiger partial charge in [0.1, 0.15) is 0 Å². The van der Waals surface area contributed by atoms with Gasteiger partial charge < -0.3 is 15.2 Å². The first kappa shape index (κ1) is 16.4. The molecular weight excluding hydrogens is 322 g/mol. The average Bonchev–Trinajstić information content (AvgIpc) is 3.13. The number of hydrogen-bond acceptors (Lipinski definition) is 4. The Morgan fingerprint density at radius 3 is 2.85 bits per heavy atom. The standard InChI is InChI=1S/C21H21N5/c22-10-17-6-7-21-18(8-17)11-24-19(9-16-4-2-1-3-5-16)13-26(21)14-20-12-23-15-25-20/h1-8,12,15,19,24H,9,11,13-14H2,(H,23,25)/t19-/m1/s1. The van der Waals surface area contributed by atoms with Crippen molar-refractivity contribution in [3.8, 4) is 6.07 Å². The van der Waals surface area contributed by atoms with Crippen LogP contribution in [-0.2, 0) is 19.5 Å². The zero-order chi connectivity index (χ0) is 17.8. The number of H-pyrrole nitrogens is 1. The molecule has 0 fully saturated rings. The Balaban J connectivity index is 1.62. The quantitative estimate of drug-likeness (QED) is 0.764. The van der Waals surface area contributed by atoms with Crippen LogP contribution in [0.5, 0.6) is 0 Å². The lowest BCUT2D eigenvalue weighted by atomic mass is 10.1. The molecule has 0 unspecified atom stereocenters. The number of nitrogens with one attached hydrogen (secondary N) is 2. The minimum Gasteiger partial charge on any atom is -0.364 e. The van der Waals surface area contributed by atoms with Gasteiger partial charge in [-0.15, -0.1) is 0 Å². The fourth-order valence-corrected chi connectivity index (χ4v) is 3.55. The fourth-order valence-electron chi connectivity index (χ4n) is 3.55. The van der Waals surface area contributed by atoms with Crippen LogP contribution >= 0.6 is 0 Å². The Morgan fingerprint density at radius 1 is 1.19 bits per heavy atom. The normalized spacial score (nSPS) is 16.6. The van der Waals surface area contributed by atoms with Crippen molar-refractivity contribution in [1.29, 1.82) is 5.26 Å². The van der Waals surface area contributed by atoms with E-state index in [0.29, 0.717) is 11.6 Å². The molecule has 2 N–H and O–H groups in total. The first-order chi connectivity index (χ1) is 12.8. The number of nitrogens with zero attached hydrogens (tertiary/aromatic N) is 3. The van der Waals surface area contributed by atoms with E-state index in [1.807, 2.05) is 24.4 Å². The Labute approximate surface area is 153 Å². The van der Waals surface area contributed by atoms with Gasteiger partial charge in [-0.3, -0.25) is 0 Å². The highest BCUT2D eigenvalue weighted by Crippen LogP contribution is 2.27. The molecule has 1 aliphatic rings. The topological polar surface area (TPSA) is 67.7 Å². The summed E-state index contributed by atoms with van der Waals surface area (Å²) in [6.07, 6.45) is 4.56. The summed E-state index contributed by atoms with van der Waals surface area (Å²) in [5.41, 5.74) is 5.46. The second kappa shape index (κ2) is 7.42. The molecule has 5 heteroatoms. The van der Waals surface area contributed by atoms with Crippen LogP contribution in [0.15, 0.2) is 61.1 Å². The van der Waals surface area contributed by atoms with Gasteiger partial charge in [0.15, 0.2) is 0 Å². The van der Waals surface area contributed by atoms with E-state index in [4.69, 9.17) is 0 Å². The van der Waals surface area contributed by atoms with Gasteiger partial charge in [-0.25, -0.2) is 4.98 Å². The van der Waals surface area contributed by atoms with E-state index in [1.165, 1.54) is 16.8 Å². The maximum Gasteiger partial charge on any atom is 0.0991 e. The van der Waals surface area contributed by atoms with Crippen LogP contribution in [0.1, 0.15) is 22.4 Å². The molecule has 26 heavy (non-hydrogen) atoms. The first-order valence-corrected chi connectivity index (χ1v) is 8.84. The van der Waals surface area contributed by atoms with Crippen molar-refractivity contribution in [3.05, 3.63) is 83.4 Å². The van der Waals surface area contributed by atoms with Crippen molar-refractivity contribution in [2.24, 2.45) is 0 Å². The van der Waals surface area contributed by atoms with Gasteiger partial charge >= 0.3 is 0 Å². The molecule has 5 nitrogen and oxygen atoms in total. The van der Waals surface area contributed by atoms with E-state index in [2.05, 4.69) is 56.6 Å². The summed E-state index contributed by atoms with van der Waals surface area (Å²) >= 11 is 0. The molecule has 2 heterocycles. The number of fused-ring (bicyclic) bond motifs is 1. The lowest BCUT2D eigenvalue weighted by Crippen LogP contribution is -2.39. The Bertz CT molecular complexity index is 896. The summed E-state index contributed by atoms with van der Waals surface area (Å²) in [6, 6.07) is 19.1. The van der Waals surface area contributed by atoms with Crippen LogP contribution < -0.4 is 10.2 Å². The number of rotatable bonds is 4. The van der Waals surface area contributed by atoms with Gasteiger partial charge in [0, 0.05) is 31.0 Å². The van der Waals surface area contributed by atoms with Gasteiger partial charge in [0.2, 0.25) is 0 Å². The summed E-state index contributed by atoms with van der Waals surface area (Å²) in [6.45, 7) is 2.43. The number of imidazole rings is 1. The van der Waals surface area contributed by atoms with Crippen LogP contribution in [0, 0.1) is 11.3 Å². The third-order valence-electron chi connectivity index (χ3n) is 4.81. The van der Waals surface area contributed by atoms with Gasteiger partial charge in [0.25, 0.3) is 0 Å². The number of aromatic amines is 1. The van der Waals surface area contributed by atoms with Crippen molar-refractivity contribution in [2.45, 2.75) is 25.6 Å². The summed E-state index contributed by atoms with van der Waals surface area (Å²) in [7, 11) is 0. The van der Waals surface area contributed by atoms with Gasteiger partial charge in [0.05, 0.1) is 30.2 Å². The molecule has 3 aromatic rings. The lowest BCUT2D eigenvalue weighted by Gasteiger charge is -2.27. The SMILES string of the molecule is N#Cc1ccc2c(c1)CN[C@H](Cc1ccccc1)CN2Cc1cnc[nH]1. The number of aromatic nitrogens is 2. The van der Waals surface area contributed by atoms with Crippen LogP contribution in [0.4, 0.5) is 5.69 Å². The lowest BCUT2D eigenvalue weighted by molar-refractivity contribution is 0.511. The van der Waals surface area contributed by atoms with E-state index in [9.17, 15) is 5.26 Å². The highest BCUT2D eigenvalue weighted by Gasteiger charge is 2.22. The number of nitriles is 1. The third kappa shape index (κ3) is 3.61. The monoisotopic (exact) mass is 343 g/mol. The maximum absolute atomic E-state index is 9.23. The molecule has 0 amide bonds. The van der Waals surface area contributed by atoms with Crippen molar-refractivity contribution >= 4 is 5.69 Å². The largest absolute Gasteiger partial charge is 0.364 e. The number of anilines is 1. The summed E-state index contributed by atoms with van der Waals surface area (Å²) < 4.78 is 0. The number of benzene rings is 2. The number of hydrogen-bond donors (Lipinski definition) is 2. The molecule has 1 aromatic heterocycles. The summed E-state index contributed by atoms with van der Waals surface area (Å²) in [5.74, 6) is 0. The Hall–Kier alpha value is -3.10. The van der Waals surface area contributed by atoms with Crippen molar-refractivity contribution in [1.82, 2.24) is 15.3 Å². The molecule has 4 rings (SSSR count). The van der Waals surface area contributed by atoms with E-state index >= 15 is 0 Å². The second-order valence-corrected chi connectivity index (χ2v) is 6.68. The van der Waals surface area contributed by atoms with Gasteiger partial charge in [-0.2, -0.15) is 5.26 Å². The van der Waals surface area contributed by atoms with E-state index < -0.39 is 0 Å². The Morgan fingerprint density at radius 2 is 2.08 bits per heavy atom. The predicted molar refractivity (Wildman–Crippen MR) is 102 cm³/mol. The molecule has 130 valence electrons. The first-order valence-electron chi connectivity index (χ1n) is 8.84. The van der Waals surface area contributed by atoms with E-state index in [-0.39, 0.29) is 0 Å². The van der Waals surface area contributed by atoms with Crippen molar-refractivity contribution in [3.63, 3.8) is 0 Å². The maximum atomic E-state index is 9.23. The van der Waals surface area contributed by atoms with E-state index in [1.54, 1.807) is 6.33 Å². The molecule has 2 aromatic carbocycles. The smallest absolute Gasteiger partial charge is 0.0991 e. The van der Waals surface area contributed by atoms with Gasteiger partial charge in [-0.05, 0) is 35.7 Å². The minimum atomic E-state index is 0.332. The average molecular weight is 343 g/mol. The Kier molecular flexibility index (Phi) is 4.67. The summed E-state index contributed by atoms with van der Waals surface area (Å²) in [4.78, 5) is 9.71. The third-order valence-corrected chi connectivity index (χ3v) is 4.81. The van der Waals surface area contributed by atoms with Gasteiger partial charge in [-0.1, -0.05) is 30.3 Å². The molecule has 1 aliphatic heterocycles. The molecule has 0 spiro atoms. The van der Waals surface area contributed by atoms with Crippen molar-refractivity contribution < 1.29 is 0 Å².